The molecule has 1 aromatic rings. The zero-order valence-electron chi connectivity index (χ0n) is 6.93. The molecule has 11 heavy (non-hydrogen) atoms. The summed E-state index contributed by atoms with van der Waals surface area (Å²) in [5.74, 6) is 0.453. The molecule has 1 aromatic heterocycles. The molecule has 0 saturated carbocycles. The van der Waals surface area contributed by atoms with Crippen LogP contribution in [0.25, 0.3) is 0 Å². The molecule has 0 atom stereocenters. The maximum absolute atomic E-state index is 4.04. The zero-order chi connectivity index (χ0) is 8.43. The molecule has 3 heteroatoms. The Labute approximate surface area is 75.2 Å². The lowest BCUT2D eigenvalue weighted by Crippen LogP contribution is -1.96. The lowest BCUT2D eigenvalue weighted by Gasteiger charge is -2.03. The molecular weight excluding hydrogens is 204 g/mol. The van der Waals surface area contributed by atoms with Crippen LogP contribution in [0.4, 0.5) is 0 Å². The lowest BCUT2D eigenvalue weighted by atomic mass is 10.1. The number of halogens is 1. The Bertz CT molecular complexity index is 258. The summed E-state index contributed by atoms with van der Waals surface area (Å²) in [6.45, 7) is 6.24. The van der Waals surface area contributed by atoms with Crippen LogP contribution < -0.4 is 0 Å². The highest BCUT2D eigenvalue weighted by molar-refractivity contribution is 9.10. The summed E-state index contributed by atoms with van der Waals surface area (Å²) in [6, 6.07) is 2.06. The van der Waals surface area contributed by atoms with E-state index in [0.29, 0.717) is 5.92 Å². The Morgan fingerprint density at radius 1 is 1.36 bits per heavy atom. The van der Waals surface area contributed by atoms with E-state index in [1.165, 1.54) is 0 Å². The van der Waals surface area contributed by atoms with Crippen LogP contribution in [-0.2, 0) is 0 Å². The summed E-state index contributed by atoms with van der Waals surface area (Å²) < 4.78 is 0.835. The summed E-state index contributed by atoms with van der Waals surface area (Å²) >= 11 is 3.30. The van der Waals surface area contributed by atoms with Gasteiger partial charge in [-0.2, -0.15) is 5.10 Å². The lowest BCUT2D eigenvalue weighted by molar-refractivity contribution is 0.775. The molecule has 1 heterocycles. The van der Waals surface area contributed by atoms with Gasteiger partial charge in [0.2, 0.25) is 0 Å². The second-order valence-corrected chi connectivity index (χ2v) is 3.65. The summed E-state index contributed by atoms with van der Waals surface area (Å²) in [4.78, 5) is 0. The van der Waals surface area contributed by atoms with Gasteiger partial charge in [0.1, 0.15) is 4.60 Å². The quantitative estimate of drug-likeness (QED) is 0.719. The molecule has 0 aliphatic carbocycles. The van der Waals surface area contributed by atoms with Crippen LogP contribution in [0, 0.1) is 6.92 Å². The highest BCUT2D eigenvalue weighted by Gasteiger charge is 2.03. The van der Waals surface area contributed by atoms with Gasteiger partial charge in [0, 0.05) is 0 Å². The second-order valence-electron chi connectivity index (χ2n) is 2.90. The minimum absolute atomic E-state index is 0.453. The molecule has 2 nitrogen and oxygen atoms in total. The van der Waals surface area contributed by atoms with E-state index in [2.05, 4.69) is 46.0 Å². The molecule has 0 bridgehead atoms. The van der Waals surface area contributed by atoms with Gasteiger partial charge in [-0.3, -0.25) is 0 Å². The van der Waals surface area contributed by atoms with Gasteiger partial charge in [0.05, 0.1) is 5.69 Å². The molecule has 0 saturated heterocycles. The van der Waals surface area contributed by atoms with Crippen LogP contribution in [0.1, 0.15) is 31.0 Å². The van der Waals surface area contributed by atoms with Crippen molar-refractivity contribution in [1.82, 2.24) is 10.2 Å². The van der Waals surface area contributed by atoms with Gasteiger partial charge < -0.3 is 0 Å². The van der Waals surface area contributed by atoms with E-state index in [1.54, 1.807) is 0 Å². The second kappa shape index (κ2) is 3.30. The van der Waals surface area contributed by atoms with E-state index < -0.39 is 0 Å². The molecule has 0 unspecified atom stereocenters. The fraction of sp³-hybridized carbons (Fsp3) is 0.500. The van der Waals surface area contributed by atoms with Gasteiger partial charge in [-0.15, -0.1) is 5.10 Å². The maximum Gasteiger partial charge on any atom is 0.131 e. The largest absolute Gasteiger partial charge is 0.154 e. The Morgan fingerprint density at radius 3 is 2.45 bits per heavy atom. The Kier molecular flexibility index (Phi) is 2.60. The van der Waals surface area contributed by atoms with Gasteiger partial charge in [0.25, 0.3) is 0 Å². The van der Waals surface area contributed by atoms with E-state index in [-0.39, 0.29) is 0 Å². The number of aromatic nitrogens is 2. The van der Waals surface area contributed by atoms with E-state index in [4.69, 9.17) is 0 Å². The highest BCUT2D eigenvalue weighted by atomic mass is 79.9. The minimum atomic E-state index is 0.453. The fourth-order valence-electron chi connectivity index (χ4n) is 0.773. The number of hydrogen-bond acceptors (Lipinski definition) is 2. The van der Waals surface area contributed by atoms with Crippen molar-refractivity contribution in [3.8, 4) is 0 Å². The molecule has 0 radical (unpaired) electrons. The molecule has 0 aromatic carbocycles. The number of aryl methyl sites for hydroxylation is 1. The minimum Gasteiger partial charge on any atom is -0.154 e. The Hall–Kier alpha value is -0.440. The zero-order valence-corrected chi connectivity index (χ0v) is 8.51. The first-order chi connectivity index (χ1) is 5.11. The molecule has 0 amide bonds. The van der Waals surface area contributed by atoms with Crippen LogP contribution in [0.15, 0.2) is 10.7 Å². The SMILES string of the molecule is Cc1cc(C(C)C)nnc1Br. The van der Waals surface area contributed by atoms with Crippen molar-refractivity contribution >= 4 is 15.9 Å². The maximum atomic E-state index is 4.04. The van der Waals surface area contributed by atoms with Gasteiger partial charge in [-0.25, -0.2) is 0 Å². The van der Waals surface area contributed by atoms with Crippen molar-refractivity contribution in [1.29, 1.82) is 0 Å². The average molecular weight is 215 g/mol. The van der Waals surface area contributed by atoms with Crippen molar-refractivity contribution in [2.24, 2.45) is 0 Å². The number of rotatable bonds is 1. The third-order valence-electron chi connectivity index (χ3n) is 1.53. The first-order valence-electron chi connectivity index (χ1n) is 3.61. The smallest absolute Gasteiger partial charge is 0.131 e. The van der Waals surface area contributed by atoms with Crippen molar-refractivity contribution in [3.05, 3.63) is 21.9 Å². The van der Waals surface area contributed by atoms with Gasteiger partial charge >= 0.3 is 0 Å². The molecule has 0 N–H and O–H groups in total. The first kappa shape index (κ1) is 8.65. The Balaban J connectivity index is 3.05. The van der Waals surface area contributed by atoms with Crippen molar-refractivity contribution in [2.45, 2.75) is 26.7 Å². The van der Waals surface area contributed by atoms with Gasteiger partial charge in [-0.05, 0) is 40.4 Å². The topological polar surface area (TPSA) is 25.8 Å². The van der Waals surface area contributed by atoms with Crippen LogP contribution in [-0.4, -0.2) is 10.2 Å². The normalized spacial score (nSPS) is 10.6. The summed E-state index contributed by atoms with van der Waals surface area (Å²) in [6.07, 6.45) is 0. The summed E-state index contributed by atoms with van der Waals surface area (Å²) in [7, 11) is 0. The van der Waals surface area contributed by atoms with Crippen LogP contribution in [0.3, 0.4) is 0 Å². The van der Waals surface area contributed by atoms with Crippen LogP contribution >= 0.6 is 15.9 Å². The number of nitrogens with zero attached hydrogens (tertiary/aromatic N) is 2. The predicted octanol–water partition coefficient (Wildman–Crippen LogP) is 2.67. The molecule has 60 valence electrons. The molecule has 0 spiro atoms. The highest BCUT2D eigenvalue weighted by Crippen LogP contribution is 2.16. The van der Waals surface area contributed by atoms with E-state index >= 15 is 0 Å². The summed E-state index contributed by atoms with van der Waals surface area (Å²) in [5.41, 5.74) is 2.19. The van der Waals surface area contributed by atoms with E-state index in [9.17, 15) is 0 Å². The standard InChI is InChI=1S/C8H11BrN2/c1-5(2)7-4-6(3)8(9)11-10-7/h4-5H,1-3H3. The van der Waals surface area contributed by atoms with Crippen LogP contribution in [0.2, 0.25) is 0 Å². The third-order valence-corrected chi connectivity index (χ3v) is 2.32. The third kappa shape index (κ3) is 1.99. The number of hydrogen-bond donors (Lipinski definition) is 0. The molecule has 0 aliphatic rings. The van der Waals surface area contributed by atoms with Gasteiger partial charge in [0.15, 0.2) is 0 Å². The van der Waals surface area contributed by atoms with Crippen molar-refractivity contribution in [2.75, 3.05) is 0 Å². The van der Waals surface area contributed by atoms with Crippen LogP contribution in [0.5, 0.6) is 0 Å². The Morgan fingerprint density at radius 2 is 2.00 bits per heavy atom. The van der Waals surface area contributed by atoms with Crippen molar-refractivity contribution < 1.29 is 0 Å². The van der Waals surface area contributed by atoms with E-state index in [1.807, 2.05) is 6.92 Å². The fourth-order valence-corrected chi connectivity index (χ4v) is 0.967. The van der Waals surface area contributed by atoms with E-state index in [0.717, 1.165) is 15.9 Å². The average Bonchev–Trinajstić information content (AvgIpc) is 1.94. The first-order valence-corrected chi connectivity index (χ1v) is 4.40. The molecule has 1 rings (SSSR count). The summed E-state index contributed by atoms with van der Waals surface area (Å²) in [5, 5.41) is 8.01. The molecule has 0 aliphatic heterocycles. The molecular formula is C8H11BrN2. The van der Waals surface area contributed by atoms with Crippen molar-refractivity contribution in [3.63, 3.8) is 0 Å². The van der Waals surface area contributed by atoms with Gasteiger partial charge in [-0.1, -0.05) is 13.8 Å². The molecule has 0 fully saturated rings. The monoisotopic (exact) mass is 214 g/mol. The predicted molar refractivity (Wildman–Crippen MR) is 48.6 cm³/mol.